The highest BCUT2D eigenvalue weighted by molar-refractivity contribution is 5.00. The summed E-state index contributed by atoms with van der Waals surface area (Å²) in [5.41, 5.74) is 0.823. The van der Waals surface area contributed by atoms with Crippen LogP contribution in [0.4, 0.5) is 0 Å². The van der Waals surface area contributed by atoms with E-state index in [0.717, 1.165) is 11.5 Å². The molecule has 0 amide bonds. The lowest BCUT2D eigenvalue weighted by Gasteiger charge is -2.18. The summed E-state index contributed by atoms with van der Waals surface area (Å²) >= 11 is 0. The molecule has 3 rings (SSSR count). The third kappa shape index (κ3) is 1.82. The van der Waals surface area contributed by atoms with Crippen molar-refractivity contribution in [1.82, 2.24) is 10.2 Å². The van der Waals surface area contributed by atoms with Gasteiger partial charge < -0.3 is 10.2 Å². The van der Waals surface area contributed by atoms with Crippen molar-refractivity contribution in [3.05, 3.63) is 0 Å². The van der Waals surface area contributed by atoms with Crippen LogP contribution >= 0.6 is 0 Å². The van der Waals surface area contributed by atoms with Crippen LogP contribution in [-0.2, 0) is 0 Å². The number of rotatable bonds is 3. The van der Waals surface area contributed by atoms with E-state index >= 15 is 0 Å². The van der Waals surface area contributed by atoms with E-state index in [1.165, 1.54) is 64.7 Å². The minimum absolute atomic E-state index is 0.823. The van der Waals surface area contributed by atoms with E-state index in [1.807, 2.05) is 0 Å². The average molecular weight is 194 g/mol. The number of nitrogens with zero attached hydrogens (tertiary/aromatic N) is 1. The lowest BCUT2D eigenvalue weighted by molar-refractivity contribution is 0.300. The van der Waals surface area contributed by atoms with Gasteiger partial charge in [-0.05, 0) is 63.6 Å². The Labute approximate surface area is 87.0 Å². The summed E-state index contributed by atoms with van der Waals surface area (Å²) in [6.07, 6.45) is 8.73. The van der Waals surface area contributed by atoms with Crippen molar-refractivity contribution in [1.29, 1.82) is 0 Å². The van der Waals surface area contributed by atoms with Gasteiger partial charge in [-0.3, -0.25) is 0 Å². The molecule has 2 nitrogen and oxygen atoms in total. The van der Waals surface area contributed by atoms with E-state index in [1.54, 1.807) is 0 Å². The van der Waals surface area contributed by atoms with Gasteiger partial charge in [-0.1, -0.05) is 0 Å². The molecular formula is C12H22N2. The third-order valence-electron chi connectivity index (χ3n) is 4.43. The van der Waals surface area contributed by atoms with Crippen LogP contribution in [-0.4, -0.2) is 37.1 Å². The Morgan fingerprint density at radius 3 is 2.86 bits per heavy atom. The van der Waals surface area contributed by atoms with E-state index in [9.17, 15) is 0 Å². The zero-order valence-corrected chi connectivity index (χ0v) is 9.10. The maximum absolute atomic E-state index is 3.59. The van der Waals surface area contributed by atoms with Gasteiger partial charge in [0, 0.05) is 12.6 Å². The summed E-state index contributed by atoms with van der Waals surface area (Å²) in [5, 5.41) is 3.59. The molecule has 3 fully saturated rings. The highest BCUT2D eigenvalue weighted by Gasteiger charge is 2.47. The predicted octanol–water partition coefficient (Wildman–Crippen LogP) is 1.61. The van der Waals surface area contributed by atoms with Crippen LogP contribution in [0.2, 0.25) is 0 Å². The van der Waals surface area contributed by atoms with Gasteiger partial charge in [-0.25, -0.2) is 0 Å². The smallest absolute Gasteiger partial charge is 0.00797 e. The standard InChI is InChI=1S/C12H22N2/c1-2-11(13-7-1)3-8-14-9-6-12(10-14)4-5-12/h11,13H,1-10H2. The van der Waals surface area contributed by atoms with E-state index in [2.05, 4.69) is 10.2 Å². The topological polar surface area (TPSA) is 15.3 Å². The molecule has 1 aliphatic carbocycles. The molecule has 14 heavy (non-hydrogen) atoms. The van der Waals surface area contributed by atoms with Gasteiger partial charge in [0.05, 0.1) is 0 Å². The van der Waals surface area contributed by atoms with Crippen molar-refractivity contribution in [2.75, 3.05) is 26.2 Å². The van der Waals surface area contributed by atoms with Crippen LogP contribution in [0.1, 0.15) is 38.5 Å². The molecular weight excluding hydrogens is 172 g/mol. The van der Waals surface area contributed by atoms with E-state index in [-0.39, 0.29) is 0 Å². The summed E-state index contributed by atoms with van der Waals surface area (Å²) in [5.74, 6) is 0. The molecule has 0 bridgehead atoms. The quantitative estimate of drug-likeness (QED) is 0.734. The lowest BCUT2D eigenvalue weighted by Crippen LogP contribution is -2.29. The van der Waals surface area contributed by atoms with Crippen LogP contribution in [0.3, 0.4) is 0 Å². The monoisotopic (exact) mass is 194 g/mol. The number of hydrogen-bond donors (Lipinski definition) is 1. The van der Waals surface area contributed by atoms with Gasteiger partial charge in [0.1, 0.15) is 0 Å². The molecule has 1 spiro atoms. The first-order valence-electron chi connectivity index (χ1n) is 6.32. The Bertz CT molecular complexity index is 204. The fourth-order valence-corrected chi connectivity index (χ4v) is 3.15. The Kier molecular flexibility index (Phi) is 2.29. The van der Waals surface area contributed by atoms with Crippen molar-refractivity contribution >= 4 is 0 Å². The van der Waals surface area contributed by atoms with Gasteiger partial charge in [0.2, 0.25) is 0 Å². The molecule has 3 aliphatic rings. The summed E-state index contributed by atoms with van der Waals surface area (Å²) in [4.78, 5) is 2.70. The highest BCUT2D eigenvalue weighted by Crippen LogP contribution is 2.52. The second-order valence-corrected chi connectivity index (χ2v) is 5.61. The Morgan fingerprint density at radius 2 is 2.21 bits per heavy atom. The largest absolute Gasteiger partial charge is 0.314 e. The summed E-state index contributed by atoms with van der Waals surface area (Å²) in [7, 11) is 0. The van der Waals surface area contributed by atoms with E-state index in [0.29, 0.717) is 0 Å². The van der Waals surface area contributed by atoms with Crippen LogP contribution in [0, 0.1) is 5.41 Å². The fraction of sp³-hybridized carbons (Fsp3) is 1.00. The number of likely N-dealkylation sites (tertiary alicyclic amines) is 1. The molecule has 0 aromatic rings. The van der Waals surface area contributed by atoms with Gasteiger partial charge in [-0.2, -0.15) is 0 Å². The van der Waals surface area contributed by atoms with Crippen LogP contribution in [0.5, 0.6) is 0 Å². The molecule has 2 heterocycles. The summed E-state index contributed by atoms with van der Waals surface area (Å²) in [6, 6.07) is 0.839. The predicted molar refractivity (Wildman–Crippen MR) is 58.4 cm³/mol. The fourth-order valence-electron chi connectivity index (χ4n) is 3.15. The Morgan fingerprint density at radius 1 is 1.29 bits per heavy atom. The van der Waals surface area contributed by atoms with Crippen LogP contribution in [0.15, 0.2) is 0 Å². The maximum atomic E-state index is 3.59. The average Bonchev–Trinajstić information content (AvgIpc) is 2.66. The van der Waals surface area contributed by atoms with Gasteiger partial charge in [0.15, 0.2) is 0 Å². The molecule has 0 radical (unpaired) electrons. The molecule has 2 aliphatic heterocycles. The Balaban J connectivity index is 1.40. The zero-order chi connectivity index (χ0) is 9.43. The molecule has 0 aromatic heterocycles. The first-order chi connectivity index (χ1) is 6.86. The van der Waals surface area contributed by atoms with Crippen molar-refractivity contribution in [2.24, 2.45) is 5.41 Å². The molecule has 1 unspecified atom stereocenters. The summed E-state index contributed by atoms with van der Waals surface area (Å²) in [6.45, 7) is 5.40. The minimum atomic E-state index is 0.823. The highest BCUT2D eigenvalue weighted by atomic mass is 15.2. The molecule has 1 N–H and O–H groups in total. The van der Waals surface area contributed by atoms with Gasteiger partial charge in [-0.15, -0.1) is 0 Å². The molecule has 80 valence electrons. The van der Waals surface area contributed by atoms with Crippen molar-refractivity contribution in [3.63, 3.8) is 0 Å². The molecule has 2 saturated heterocycles. The first-order valence-corrected chi connectivity index (χ1v) is 6.32. The Hall–Kier alpha value is -0.0800. The molecule has 1 saturated carbocycles. The molecule has 0 aromatic carbocycles. The number of hydrogen-bond acceptors (Lipinski definition) is 2. The van der Waals surface area contributed by atoms with E-state index in [4.69, 9.17) is 0 Å². The van der Waals surface area contributed by atoms with Crippen molar-refractivity contribution in [3.8, 4) is 0 Å². The van der Waals surface area contributed by atoms with Gasteiger partial charge >= 0.3 is 0 Å². The van der Waals surface area contributed by atoms with E-state index < -0.39 is 0 Å². The molecule has 1 atom stereocenters. The summed E-state index contributed by atoms with van der Waals surface area (Å²) < 4.78 is 0. The lowest BCUT2D eigenvalue weighted by atomic mass is 10.1. The van der Waals surface area contributed by atoms with Gasteiger partial charge in [0.25, 0.3) is 0 Å². The minimum Gasteiger partial charge on any atom is -0.314 e. The van der Waals surface area contributed by atoms with Crippen molar-refractivity contribution < 1.29 is 0 Å². The zero-order valence-electron chi connectivity index (χ0n) is 9.10. The van der Waals surface area contributed by atoms with Crippen LogP contribution < -0.4 is 5.32 Å². The molecule has 2 heteroatoms. The second-order valence-electron chi connectivity index (χ2n) is 5.61. The normalized spacial score (nSPS) is 35.6. The maximum Gasteiger partial charge on any atom is 0.00797 e. The first kappa shape index (κ1) is 9.17. The SMILES string of the molecule is C1CNC(CCN2CCC3(CC3)C2)C1. The number of nitrogens with one attached hydrogen (secondary N) is 1. The van der Waals surface area contributed by atoms with Crippen molar-refractivity contribution in [2.45, 2.75) is 44.6 Å². The third-order valence-corrected chi connectivity index (χ3v) is 4.43. The second kappa shape index (κ2) is 3.49. The van der Waals surface area contributed by atoms with Crippen LogP contribution in [0.25, 0.3) is 0 Å².